The predicted molar refractivity (Wildman–Crippen MR) is 66.3 cm³/mol. The molecule has 0 bridgehead atoms. The maximum Gasteiger partial charge on any atom is 0.160 e. The summed E-state index contributed by atoms with van der Waals surface area (Å²) in [5.41, 5.74) is 1.06. The van der Waals surface area contributed by atoms with Gasteiger partial charge in [-0.3, -0.25) is 4.79 Å². The number of hydrogen-bond donors (Lipinski definition) is 0. The van der Waals surface area contributed by atoms with Crippen LogP contribution in [-0.2, 0) is 15.6 Å². The summed E-state index contributed by atoms with van der Waals surface area (Å²) in [5, 5.41) is 0. The van der Waals surface area contributed by atoms with Crippen molar-refractivity contribution in [2.24, 2.45) is 0 Å². The van der Waals surface area contributed by atoms with Crippen LogP contribution in [0.3, 0.4) is 0 Å². The smallest absolute Gasteiger partial charge is 0.160 e. The highest BCUT2D eigenvalue weighted by atomic mass is 32.2. The molecule has 0 heterocycles. The van der Waals surface area contributed by atoms with Crippen LogP contribution in [0.1, 0.15) is 36.7 Å². The summed E-state index contributed by atoms with van der Waals surface area (Å²) >= 11 is 0. The fourth-order valence-electron chi connectivity index (χ4n) is 1.27. The standard InChI is InChI=1S/C10H12O3S.C2H6/c1-8(11)10-6-4-3-5-9(10)7-14(2,12)13;1-2/h3-6H,7H2,1-2H3;1-2H3. The van der Waals surface area contributed by atoms with Crippen molar-refractivity contribution in [3.8, 4) is 0 Å². The van der Waals surface area contributed by atoms with Gasteiger partial charge in [0.1, 0.15) is 0 Å². The minimum absolute atomic E-state index is 0.0806. The van der Waals surface area contributed by atoms with Gasteiger partial charge < -0.3 is 0 Å². The molecule has 0 atom stereocenters. The molecule has 1 aromatic rings. The van der Waals surface area contributed by atoms with Crippen LogP contribution in [0.15, 0.2) is 24.3 Å². The summed E-state index contributed by atoms with van der Waals surface area (Å²) in [5.74, 6) is -0.188. The number of Topliss-reactive ketones (excluding diaryl/α,β-unsaturated/α-hetero) is 1. The number of carbonyl (C=O) groups is 1. The average molecular weight is 242 g/mol. The van der Waals surface area contributed by atoms with E-state index in [0.29, 0.717) is 11.1 Å². The van der Waals surface area contributed by atoms with Crippen molar-refractivity contribution in [3.63, 3.8) is 0 Å². The molecule has 0 fully saturated rings. The molecule has 0 aromatic heterocycles. The summed E-state index contributed by atoms with van der Waals surface area (Å²) in [6.45, 7) is 5.43. The van der Waals surface area contributed by atoms with Gasteiger partial charge in [-0.2, -0.15) is 0 Å². The Kier molecular flexibility index (Phi) is 5.96. The lowest BCUT2D eigenvalue weighted by atomic mass is 10.1. The summed E-state index contributed by atoms with van der Waals surface area (Å²) < 4.78 is 22.1. The number of carbonyl (C=O) groups excluding carboxylic acids is 1. The number of hydrogen-bond acceptors (Lipinski definition) is 3. The lowest BCUT2D eigenvalue weighted by Crippen LogP contribution is -2.06. The van der Waals surface area contributed by atoms with Crippen LogP contribution in [0.2, 0.25) is 0 Å². The van der Waals surface area contributed by atoms with Crippen LogP contribution in [0.4, 0.5) is 0 Å². The Bertz CT molecular complexity index is 447. The van der Waals surface area contributed by atoms with Crippen molar-refractivity contribution in [3.05, 3.63) is 35.4 Å². The highest BCUT2D eigenvalue weighted by molar-refractivity contribution is 7.89. The zero-order chi connectivity index (χ0) is 12.8. The second-order valence-electron chi connectivity index (χ2n) is 3.28. The van der Waals surface area contributed by atoms with Crippen LogP contribution < -0.4 is 0 Å². The van der Waals surface area contributed by atoms with Gasteiger partial charge >= 0.3 is 0 Å². The normalized spacial score (nSPS) is 10.2. The first-order valence-corrected chi connectivity index (χ1v) is 7.23. The van der Waals surface area contributed by atoms with Gasteiger partial charge in [0.05, 0.1) is 5.75 Å². The molecule has 4 heteroatoms. The molecule has 0 aliphatic carbocycles. The molecule has 16 heavy (non-hydrogen) atoms. The highest BCUT2D eigenvalue weighted by Gasteiger charge is 2.10. The Balaban J connectivity index is 0.00000106. The number of rotatable bonds is 3. The lowest BCUT2D eigenvalue weighted by Gasteiger charge is -2.04. The van der Waals surface area contributed by atoms with Crippen LogP contribution in [0, 0.1) is 0 Å². The number of benzene rings is 1. The lowest BCUT2D eigenvalue weighted by molar-refractivity contribution is 0.101. The number of sulfone groups is 1. The molecular formula is C12H18O3S. The Hall–Kier alpha value is -1.16. The molecule has 90 valence electrons. The van der Waals surface area contributed by atoms with E-state index in [4.69, 9.17) is 0 Å². The summed E-state index contributed by atoms with van der Waals surface area (Å²) in [6.07, 6.45) is 1.16. The molecule has 0 radical (unpaired) electrons. The molecule has 0 N–H and O–H groups in total. The maximum absolute atomic E-state index is 11.2. The third kappa shape index (κ3) is 5.07. The average Bonchev–Trinajstić information content (AvgIpc) is 2.19. The monoisotopic (exact) mass is 242 g/mol. The zero-order valence-corrected chi connectivity index (χ0v) is 11.0. The minimum Gasteiger partial charge on any atom is -0.295 e. The van der Waals surface area contributed by atoms with Gasteiger partial charge in [-0.15, -0.1) is 0 Å². The molecule has 1 aromatic carbocycles. The third-order valence-electron chi connectivity index (χ3n) is 1.81. The van der Waals surface area contributed by atoms with E-state index in [2.05, 4.69) is 0 Å². The van der Waals surface area contributed by atoms with E-state index >= 15 is 0 Å². The van der Waals surface area contributed by atoms with Gasteiger partial charge in [-0.1, -0.05) is 38.1 Å². The predicted octanol–water partition coefficient (Wildman–Crippen LogP) is 2.46. The summed E-state index contributed by atoms with van der Waals surface area (Å²) in [7, 11) is -3.09. The summed E-state index contributed by atoms with van der Waals surface area (Å²) in [6, 6.07) is 6.76. The van der Waals surface area contributed by atoms with Crippen molar-refractivity contribution in [2.75, 3.05) is 6.26 Å². The van der Waals surface area contributed by atoms with E-state index in [-0.39, 0.29) is 11.5 Å². The van der Waals surface area contributed by atoms with Crippen LogP contribution in [0.25, 0.3) is 0 Å². The Morgan fingerprint density at radius 2 is 1.69 bits per heavy atom. The quantitative estimate of drug-likeness (QED) is 0.765. The van der Waals surface area contributed by atoms with E-state index in [9.17, 15) is 13.2 Å². The molecule has 0 aliphatic rings. The molecule has 0 unspecified atom stereocenters. The third-order valence-corrected chi connectivity index (χ3v) is 2.65. The zero-order valence-electron chi connectivity index (χ0n) is 10.1. The maximum atomic E-state index is 11.2. The van der Waals surface area contributed by atoms with Gasteiger partial charge in [0.15, 0.2) is 15.6 Å². The van der Waals surface area contributed by atoms with Gasteiger partial charge in [0, 0.05) is 11.8 Å². The minimum atomic E-state index is -3.09. The van der Waals surface area contributed by atoms with E-state index in [1.807, 2.05) is 13.8 Å². The van der Waals surface area contributed by atoms with E-state index < -0.39 is 9.84 Å². The molecule has 0 saturated heterocycles. The second kappa shape index (κ2) is 6.43. The first-order chi connectivity index (χ1) is 7.40. The van der Waals surface area contributed by atoms with Gasteiger partial charge in [-0.05, 0) is 12.5 Å². The molecule has 0 saturated carbocycles. The Morgan fingerprint density at radius 3 is 2.12 bits per heavy atom. The van der Waals surface area contributed by atoms with Gasteiger partial charge in [-0.25, -0.2) is 8.42 Å². The van der Waals surface area contributed by atoms with E-state index in [1.54, 1.807) is 24.3 Å². The van der Waals surface area contributed by atoms with Crippen LogP contribution >= 0.6 is 0 Å². The first-order valence-electron chi connectivity index (χ1n) is 5.17. The van der Waals surface area contributed by atoms with Crippen molar-refractivity contribution in [1.82, 2.24) is 0 Å². The van der Waals surface area contributed by atoms with E-state index in [1.165, 1.54) is 6.92 Å². The Labute approximate surface area is 97.4 Å². The van der Waals surface area contributed by atoms with Crippen molar-refractivity contribution in [2.45, 2.75) is 26.5 Å². The van der Waals surface area contributed by atoms with Gasteiger partial charge in [0.2, 0.25) is 0 Å². The van der Waals surface area contributed by atoms with Crippen molar-refractivity contribution < 1.29 is 13.2 Å². The van der Waals surface area contributed by atoms with Crippen LogP contribution in [-0.4, -0.2) is 20.5 Å². The number of ketones is 1. The summed E-state index contributed by atoms with van der Waals surface area (Å²) in [4.78, 5) is 11.2. The topological polar surface area (TPSA) is 51.2 Å². The van der Waals surface area contributed by atoms with E-state index in [0.717, 1.165) is 6.26 Å². The SMILES string of the molecule is CC.CC(=O)c1ccccc1CS(C)(=O)=O. The molecule has 0 spiro atoms. The van der Waals surface area contributed by atoms with Crippen molar-refractivity contribution >= 4 is 15.6 Å². The Morgan fingerprint density at radius 1 is 1.19 bits per heavy atom. The molecule has 0 aliphatic heterocycles. The van der Waals surface area contributed by atoms with Crippen molar-refractivity contribution in [1.29, 1.82) is 0 Å². The van der Waals surface area contributed by atoms with Crippen LogP contribution in [0.5, 0.6) is 0 Å². The molecular weight excluding hydrogens is 224 g/mol. The molecule has 3 nitrogen and oxygen atoms in total. The van der Waals surface area contributed by atoms with Gasteiger partial charge in [0.25, 0.3) is 0 Å². The second-order valence-corrected chi connectivity index (χ2v) is 5.42. The largest absolute Gasteiger partial charge is 0.295 e. The fraction of sp³-hybridized carbons (Fsp3) is 0.417. The molecule has 0 amide bonds. The highest BCUT2D eigenvalue weighted by Crippen LogP contribution is 2.12. The fourth-order valence-corrected chi connectivity index (χ4v) is 2.09. The first kappa shape index (κ1) is 14.8. The molecule has 1 rings (SSSR count).